The van der Waals surface area contributed by atoms with Gasteiger partial charge in [-0.2, -0.15) is 26.3 Å². The number of carboxylic acids is 2. The summed E-state index contributed by atoms with van der Waals surface area (Å²) in [6.45, 7) is 5.54. The van der Waals surface area contributed by atoms with Crippen LogP contribution in [0.4, 0.5) is 26.3 Å². The number of hydrogen-bond donors (Lipinski definition) is 2. The Bertz CT molecular complexity index is 1000. The van der Waals surface area contributed by atoms with E-state index < -0.39 is 24.3 Å². The number of alkyl halides is 6. The number of carboxylic acid groups (broad SMARTS) is 2. The molecule has 2 N–H and O–H groups in total. The van der Waals surface area contributed by atoms with E-state index >= 15 is 0 Å². The third-order valence-electron chi connectivity index (χ3n) is 6.40. The molecule has 2 fully saturated rings. The summed E-state index contributed by atoms with van der Waals surface area (Å²) in [7, 11) is 0. The average Bonchev–Trinajstić information content (AvgIpc) is 3.54. The number of ether oxygens (including phenoxy) is 2. The molecule has 1 atom stereocenters. The molecule has 15 heteroatoms. The van der Waals surface area contributed by atoms with E-state index in [4.69, 9.17) is 33.7 Å². The topological polar surface area (TPSA) is 122 Å². The van der Waals surface area contributed by atoms with Crippen LogP contribution >= 0.6 is 0 Å². The van der Waals surface area contributed by atoms with Crippen molar-refractivity contribution in [3.05, 3.63) is 54.2 Å². The lowest BCUT2D eigenvalue weighted by atomic mass is 9.78. The zero-order valence-corrected chi connectivity index (χ0v) is 21.3. The van der Waals surface area contributed by atoms with Crippen molar-refractivity contribution in [2.45, 2.75) is 56.8 Å². The molecule has 1 unspecified atom stereocenters. The molecule has 2 aliphatic rings. The van der Waals surface area contributed by atoms with Crippen LogP contribution < -0.4 is 0 Å². The Balaban J connectivity index is 0.000000333. The average molecular weight is 585 g/mol. The third kappa shape index (κ3) is 11.1. The van der Waals surface area contributed by atoms with Gasteiger partial charge in [-0.05, 0) is 55.4 Å². The standard InChI is InChI=1S/C21H28N2O3.2C2HF3O2/c1-8-22-9-2-18(1)16-25-13-4-20-5-14-26-21(20)6-10-23(11-7-21)15-19-3-12-24-17-19;2*3-2(4,5)1(6)7/h1-3,8-9,12,17,20H,4-7,10-11,13-16H2;2*(H,6,7). The molecular formula is C25H30F6N2O7. The molecule has 0 saturated carbocycles. The van der Waals surface area contributed by atoms with E-state index in [1.807, 2.05) is 30.8 Å². The molecule has 0 bridgehead atoms. The lowest BCUT2D eigenvalue weighted by Crippen LogP contribution is -2.47. The number of carbonyl (C=O) groups is 2. The maximum Gasteiger partial charge on any atom is 0.490 e. The first-order valence-corrected chi connectivity index (χ1v) is 12.2. The monoisotopic (exact) mass is 584 g/mol. The van der Waals surface area contributed by atoms with Crippen LogP contribution in [0.5, 0.6) is 0 Å². The van der Waals surface area contributed by atoms with Gasteiger partial charge in [-0.15, -0.1) is 0 Å². The number of aliphatic carboxylic acids is 2. The molecular weight excluding hydrogens is 554 g/mol. The minimum atomic E-state index is -5.08. The quantitative estimate of drug-likeness (QED) is 0.345. The van der Waals surface area contributed by atoms with Gasteiger partial charge in [0.2, 0.25) is 0 Å². The van der Waals surface area contributed by atoms with Crippen molar-refractivity contribution in [3.63, 3.8) is 0 Å². The summed E-state index contributed by atoms with van der Waals surface area (Å²) in [6.07, 6.45) is 1.57. The van der Waals surface area contributed by atoms with Crippen molar-refractivity contribution in [2.75, 3.05) is 26.3 Å². The van der Waals surface area contributed by atoms with Crippen LogP contribution in [0.25, 0.3) is 0 Å². The van der Waals surface area contributed by atoms with Crippen molar-refractivity contribution in [3.8, 4) is 0 Å². The lowest BCUT2D eigenvalue weighted by molar-refractivity contribution is -0.193. The summed E-state index contributed by atoms with van der Waals surface area (Å²) >= 11 is 0. The molecule has 40 heavy (non-hydrogen) atoms. The van der Waals surface area contributed by atoms with Crippen LogP contribution in [0, 0.1) is 5.92 Å². The fourth-order valence-corrected chi connectivity index (χ4v) is 4.37. The van der Waals surface area contributed by atoms with Gasteiger partial charge in [0.1, 0.15) is 0 Å². The largest absolute Gasteiger partial charge is 0.490 e. The molecule has 4 heterocycles. The van der Waals surface area contributed by atoms with Crippen LogP contribution in [0.1, 0.15) is 36.8 Å². The predicted octanol–water partition coefficient (Wildman–Crippen LogP) is 4.92. The molecule has 9 nitrogen and oxygen atoms in total. The van der Waals surface area contributed by atoms with Crippen LogP contribution in [0.2, 0.25) is 0 Å². The van der Waals surface area contributed by atoms with E-state index in [2.05, 4.69) is 16.0 Å². The number of likely N-dealkylation sites (tertiary alicyclic amines) is 1. The molecule has 0 radical (unpaired) electrons. The highest BCUT2D eigenvalue weighted by atomic mass is 19.4. The molecule has 2 saturated heterocycles. The van der Waals surface area contributed by atoms with Gasteiger partial charge in [-0.1, -0.05) is 0 Å². The highest BCUT2D eigenvalue weighted by molar-refractivity contribution is 5.73. The van der Waals surface area contributed by atoms with Gasteiger partial charge >= 0.3 is 24.3 Å². The number of piperidine rings is 1. The first-order valence-electron chi connectivity index (χ1n) is 12.2. The Labute approximate surface area is 225 Å². The normalized spacial score (nSPS) is 18.8. The molecule has 2 aromatic rings. The lowest BCUT2D eigenvalue weighted by Gasteiger charge is -2.42. The van der Waals surface area contributed by atoms with Crippen LogP contribution in [-0.2, 0) is 32.2 Å². The van der Waals surface area contributed by atoms with Crippen LogP contribution in [0.15, 0.2) is 47.5 Å². The van der Waals surface area contributed by atoms with E-state index in [9.17, 15) is 26.3 Å². The van der Waals surface area contributed by atoms with Gasteiger partial charge < -0.3 is 24.1 Å². The van der Waals surface area contributed by atoms with Crippen molar-refractivity contribution >= 4 is 11.9 Å². The van der Waals surface area contributed by atoms with Gasteiger partial charge in [0.25, 0.3) is 0 Å². The molecule has 2 aliphatic heterocycles. The minimum absolute atomic E-state index is 0.0763. The van der Waals surface area contributed by atoms with Crippen LogP contribution in [0.3, 0.4) is 0 Å². The zero-order valence-electron chi connectivity index (χ0n) is 21.3. The summed E-state index contributed by atoms with van der Waals surface area (Å²) in [4.78, 5) is 24.3. The number of hydrogen-bond acceptors (Lipinski definition) is 7. The van der Waals surface area contributed by atoms with E-state index in [0.29, 0.717) is 12.5 Å². The predicted molar refractivity (Wildman–Crippen MR) is 126 cm³/mol. The summed E-state index contributed by atoms with van der Waals surface area (Å²) in [6, 6.07) is 6.07. The van der Waals surface area contributed by atoms with Crippen molar-refractivity contribution in [2.24, 2.45) is 5.92 Å². The Morgan fingerprint density at radius 3 is 2.08 bits per heavy atom. The SMILES string of the molecule is O=C(O)C(F)(F)F.O=C(O)C(F)(F)F.c1cc(COCCC2CCOC23CCN(Cc2ccoc2)CC3)ccn1. The Morgan fingerprint density at radius 1 is 1.00 bits per heavy atom. The number of aromatic nitrogens is 1. The van der Waals surface area contributed by atoms with Gasteiger partial charge in [0.15, 0.2) is 0 Å². The molecule has 0 amide bonds. The number of halogens is 6. The summed E-state index contributed by atoms with van der Waals surface area (Å²) in [5.41, 5.74) is 2.52. The van der Waals surface area contributed by atoms with Crippen molar-refractivity contribution < 1.29 is 60.0 Å². The fourth-order valence-electron chi connectivity index (χ4n) is 4.37. The maximum atomic E-state index is 10.6. The first-order chi connectivity index (χ1) is 18.7. The summed E-state index contributed by atoms with van der Waals surface area (Å²) < 4.78 is 80.8. The highest BCUT2D eigenvalue weighted by Gasteiger charge is 2.45. The van der Waals surface area contributed by atoms with Gasteiger partial charge in [0.05, 0.1) is 24.7 Å². The van der Waals surface area contributed by atoms with E-state index in [1.54, 1.807) is 6.26 Å². The minimum Gasteiger partial charge on any atom is -0.475 e. The number of rotatable bonds is 7. The second-order valence-corrected chi connectivity index (χ2v) is 9.11. The number of furan rings is 1. The van der Waals surface area contributed by atoms with Crippen LogP contribution in [-0.4, -0.2) is 76.3 Å². The summed E-state index contributed by atoms with van der Waals surface area (Å²) in [5, 5.41) is 14.2. The van der Waals surface area contributed by atoms with Crippen molar-refractivity contribution in [1.82, 2.24) is 9.88 Å². The molecule has 1 spiro atoms. The van der Waals surface area contributed by atoms with E-state index in [1.165, 1.54) is 17.5 Å². The third-order valence-corrected chi connectivity index (χ3v) is 6.40. The van der Waals surface area contributed by atoms with Gasteiger partial charge in [0, 0.05) is 50.8 Å². The van der Waals surface area contributed by atoms with Gasteiger partial charge in [-0.25, -0.2) is 9.59 Å². The highest BCUT2D eigenvalue weighted by Crippen LogP contribution is 2.42. The molecule has 2 aromatic heterocycles. The second kappa shape index (κ2) is 15.0. The summed E-state index contributed by atoms with van der Waals surface area (Å²) in [5.74, 6) is -4.89. The van der Waals surface area contributed by atoms with Gasteiger partial charge in [-0.3, -0.25) is 9.88 Å². The first kappa shape index (κ1) is 33.0. The second-order valence-electron chi connectivity index (χ2n) is 9.11. The molecule has 0 aliphatic carbocycles. The smallest absolute Gasteiger partial charge is 0.475 e. The zero-order chi connectivity index (χ0) is 29.8. The Kier molecular flexibility index (Phi) is 12.4. The van der Waals surface area contributed by atoms with E-state index in [-0.39, 0.29) is 5.60 Å². The maximum absolute atomic E-state index is 10.6. The number of nitrogens with zero attached hydrogens (tertiary/aromatic N) is 2. The molecule has 0 aromatic carbocycles. The Hall–Kier alpha value is -3.17. The number of pyridine rings is 1. The molecule has 224 valence electrons. The fraction of sp³-hybridized carbons (Fsp3) is 0.560. The van der Waals surface area contributed by atoms with Crippen molar-refractivity contribution in [1.29, 1.82) is 0 Å². The molecule has 4 rings (SSSR count). The Morgan fingerprint density at radius 2 is 1.57 bits per heavy atom. The van der Waals surface area contributed by atoms with E-state index in [0.717, 1.165) is 52.1 Å².